The Morgan fingerprint density at radius 1 is 1.00 bits per heavy atom. The fraction of sp³-hybridized carbons (Fsp3) is 0.348. The molecule has 0 N–H and O–H groups in total. The average Bonchev–Trinajstić information content (AvgIpc) is 3.41. The number of amides is 2. The number of halogens is 1. The Kier molecular flexibility index (Phi) is 4.23. The maximum Gasteiger partial charge on any atom is 0.237 e. The third-order valence-corrected chi connectivity index (χ3v) is 6.54. The van der Waals surface area contributed by atoms with Crippen molar-refractivity contribution in [2.75, 3.05) is 11.5 Å². The lowest BCUT2D eigenvalue weighted by molar-refractivity contribution is -0.123. The van der Waals surface area contributed by atoms with E-state index in [1.165, 1.54) is 29.2 Å². The molecular weight excluding hydrogens is 373 g/mol. The van der Waals surface area contributed by atoms with Crippen molar-refractivity contribution in [1.29, 1.82) is 0 Å². The number of fused-ring (bicyclic) bond motifs is 5. The highest BCUT2D eigenvalue weighted by Crippen LogP contribution is 2.56. The van der Waals surface area contributed by atoms with Gasteiger partial charge in [-0.2, -0.15) is 0 Å². The lowest BCUT2D eigenvalue weighted by Crippen LogP contribution is -2.32. The first-order valence-corrected chi connectivity index (χ1v) is 9.92. The zero-order chi connectivity index (χ0) is 20.1. The molecular formula is C23H20FNO4. The Hall–Kier alpha value is -3.02. The summed E-state index contributed by atoms with van der Waals surface area (Å²) in [7, 11) is 0. The van der Waals surface area contributed by atoms with Gasteiger partial charge in [0.15, 0.2) is 12.4 Å². The molecule has 2 aromatic rings. The van der Waals surface area contributed by atoms with E-state index >= 15 is 0 Å². The molecule has 2 saturated carbocycles. The summed E-state index contributed by atoms with van der Waals surface area (Å²) in [5, 5.41) is 0. The summed E-state index contributed by atoms with van der Waals surface area (Å²) in [6, 6.07) is 12.0. The molecule has 2 aliphatic carbocycles. The number of Topliss-reactive ketones (excluding diaryl/α,β-unsaturated/α-hetero) is 1. The number of nitrogens with zero attached hydrogens (tertiary/aromatic N) is 1. The molecule has 2 aromatic carbocycles. The van der Waals surface area contributed by atoms with Crippen molar-refractivity contribution in [3.05, 3.63) is 59.9 Å². The number of hydrogen-bond acceptors (Lipinski definition) is 4. The quantitative estimate of drug-likeness (QED) is 0.575. The van der Waals surface area contributed by atoms with Crippen LogP contribution in [-0.2, 0) is 9.59 Å². The summed E-state index contributed by atoms with van der Waals surface area (Å²) < 4.78 is 18.6. The Balaban J connectivity index is 1.31. The van der Waals surface area contributed by atoms with Crippen molar-refractivity contribution >= 4 is 23.3 Å². The van der Waals surface area contributed by atoms with Crippen molar-refractivity contribution in [1.82, 2.24) is 0 Å². The van der Waals surface area contributed by atoms with Crippen LogP contribution in [0.4, 0.5) is 10.1 Å². The molecule has 1 saturated heterocycles. The molecule has 148 valence electrons. The second-order valence-electron chi connectivity index (χ2n) is 8.11. The van der Waals surface area contributed by atoms with E-state index in [0.717, 1.165) is 19.3 Å². The number of anilines is 1. The molecule has 2 amide bonds. The van der Waals surface area contributed by atoms with E-state index in [4.69, 9.17) is 4.74 Å². The smallest absolute Gasteiger partial charge is 0.237 e. The van der Waals surface area contributed by atoms with Crippen LogP contribution in [-0.4, -0.2) is 24.2 Å². The predicted octanol–water partition coefficient (Wildman–Crippen LogP) is 3.62. The van der Waals surface area contributed by atoms with Gasteiger partial charge >= 0.3 is 0 Å². The number of carbonyl (C=O) groups excluding carboxylic acids is 3. The minimum Gasteiger partial charge on any atom is -0.485 e. The number of rotatable bonds is 5. The van der Waals surface area contributed by atoms with Gasteiger partial charge in [0.05, 0.1) is 17.5 Å². The first-order chi connectivity index (χ1) is 14.0. The molecule has 29 heavy (non-hydrogen) atoms. The van der Waals surface area contributed by atoms with E-state index in [-0.39, 0.29) is 36.0 Å². The van der Waals surface area contributed by atoms with E-state index < -0.39 is 5.82 Å². The normalized spacial score (nSPS) is 27.4. The van der Waals surface area contributed by atoms with Crippen LogP contribution in [0.25, 0.3) is 0 Å². The molecule has 0 spiro atoms. The second kappa shape index (κ2) is 6.79. The predicted molar refractivity (Wildman–Crippen MR) is 103 cm³/mol. The summed E-state index contributed by atoms with van der Waals surface area (Å²) in [5.41, 5.74) is 0.844. The van der Waals surface area contributed by atoms with Gasteiger partial charge in [0.25, 0.3) is 0 Å². The van der Waals surface area contributed by atoms with Crippen molar-refractivity contribution in [2.45, 2.75) is 19.3 Å². The van der Waals surface area contributed by atoms with Crippen molar-refractivity contribution < 1.29 is 23.5 Å². The fourth-order valence-electron chi connectivity index (χ4n) is 5.24. The maximum absolute atomic E-state index is 13.0. The Labute approximate surface area is 167 Å². The van der Waals surface area contributed by atoms with E-state index in [0.29, 0.717) is 28.8 Å². The van der Waals surface area contributed by atoms with E-state index in [2.05, 4.69) is 0 Å². The lowest BCUT2D eigenvalue weighted by atomic mass is 9.81. The Morgan fingerprint density at radius 2 is 1.66 bits per heavy atom. The molecule has 6 heteroatoms. The Morgan fingerprint density at radius 3 is 2.31 bits per heavy atom. The van der Waals surface area contributed by atoms with Crippen LogP contribution in [0.3, 0.4) is 0 Å². The highest BCUT2D eigenvalue weighted by molar-refractivity contribution is 6.22. The van der Waals surface area contributed by atoms with Crippen LogP contribution >= 0.6 is 0 Å². The van der Waals surface area contributed by atoms with Crippen molar-refractivity contribution in [3.63, 3.8) is 0 Å². The third kappa shape index (κ3) is 2.94. The molecule has 3 aliphatic rings. The molecule has 4 atom stereocenters. The first-order valence-electron chi connectivity index (χ1n) is 9.92. The third-order valence-electron chi connectivity index (χ3n) is 6.54. The second-order valence-corrected chi connectivity index (χ2v) is 8.11. The van der Waals surface area contributed by atoms with Crippen LogP contribution in [0.15, 0.2) is 48.5 Å². The standard InChI is InChI=1S/C23H20FNO4/c24-16-8-6-13(7-9-16)19(26)12-29-18-3-1-2-17(11-18)25-22(27)20-14-4-5-15(10-14)21(20)23(25)28/h1-3,6-9,11,14-15,20-21H,4-5,10,12H2/t14-,15-,20+,21+/m0/s1. The average molecular weight is 393 g/mol. The molecule has 1 aliphatic heterocycles. The number of hydrogen-bond donors (Lipinski definition) is 0. The SMILES string of the molecule is O=C(COc1cccc(N2C(=O)[C@@H]3[C@H]4CC[C@@H](C4)[C@H]3C2=O)c1)c1ccc(F)cc1. The summed E-state index contributed by atoms with van der Waals surface area (Å²) in [6.07, 6.45) is 3.07. The van der Waals surface area contributed by atoms with E-state index in [1.54, 1.807) is 24.3 Å². The van der Waals surface area contributed by atoms with Crippen LogP contribution in [0.1, 0.15) is 29.6 Å². The maximum atomic E-state index is 13.0. The van der Waals surface area contributed by atoms with Gasteiger partial charge in [-0.3, -0.25) is 14.4 Å². The number of benzene rings is 2. The Bertz CT molecular complexity index is 974. The topological polar surface area (TPSA) is 63.7 Å². The van der Waals surface area contributed by atoms with Crippen LogP contribution in [0.5, 0.6) is 5.75 Å². The monoisotopic (exact) mass is 393 g/mol. The van der Waals surface area contributed by atoms with E-state index in [1.807, 2.05) is 0 Å². The summed E-state index contributed by atoms with van der Waals surface area (Å²) in [4.78, 5) is 39.4. The highest BCUT2D eigenvalue weighted by atomic mass is 19.1. The number of ketones is 1. The molecule has 3 fully saturated rings. The van der Waals surface area contributed by atoms with Gasteiger partial charge in [0, 0.05) is 11.6 Å². The van der Waals surface area contributed by atoms with Gasteiger partial charge in [-0.25, -0.2) is 9.29 Å². The van der Waals surface area contributed by atoms with Gasteiger partial charge in [-0.05, 0) is 67.5 Å². The van der Waals surface area contributed by atoms with Crippen LogP contribution in [0, 0.1) is 29.5 Å². The first kappa shape index (κ1) is 18.0. The van der Waals surface area contributed by atoms with Crippen molar-refractivity contribution in [3.8, 4) is 5.75 Å². The molecule has 2 bridgehead atoms. The number of imide groups is 1. The molecule has 5 nitrogen and oxygen atoms in total. The van der Waals surface area contributed by atoms with Crippen molar-refractivity contribution in [2.24, 2.45) is 23.7 Å². The molecule has 5 rings (SSSR count). The number of ether oxygens (including phenoxy) is 1. The minimum absolute atomic E-state index is 0.105. The van der Waals surface area contributed by atoms with Gasteiger partial charge in [0.1, 0.15) is 11.6 Å². The number of carbonyl (C=O) groups is 3. The molecule has 0 unspecified atom stereocenters. The van der Waals surface area contributed by atoms with Gasteiger partial charge in [0.2, 0.25) is 11.8 Å². The molecule has 0 aromatic heterocycles. The highest BCUT2D eigenvalue weighted by Gasteiger charge is 2.61. The van der Waals surface area contributed by atoms with E-state index in [9.17, 15) is 18.8 Å². The lowest BCUT2D eigenvalue weighted by Gasteiger charge is -2.19. The minimum atomic E-state index is -0.409. The summed E-state index contributed by atoms with van der Waals surface area (Å²) in [6.45, 7) is -0.216. The fourth-order valence-corrected chi connectivity index (χ4v) is 5.24. The van der Waals surface area contributed by atoms with Gasteiger partial charge in [-0.1, -0.05) is 6.07 Å². The van der Waals surface area contributed by atoms with Gasteiger partial charge < -0.3 is 4.74 Å². The summed E-state index contributed by atoms with van der Waals surface area (Å²) >= 11 is 0. The largest absolute Gasteiger partial charge is 0.485 e. The van der Waals surface area contributed by atoms with Gasteiger partial charge in [-0.15, -0.1) is 0 Å². The molecule has 1 heterocycles. The van der Waals surface area contributed by atoms with Crippen LogP contribution < -0.4 is 9.64 Å². The van der Waals surface area contributed by atoms with Crippen LogP contribution in [0.2, 0.25) is 0 Å². The zero-order valence-corrected chi connectivity index (χ0v) is 15.7. The zero-order valence-electron chi connectivity index (χ0n) is 15.7. The molecule has 0 radical (unpaired) electrons. The summed E-state index contributed by atoms with van der Waals surface area (Å²) in [5.74, 6) is -0.185.